The van der Waals surface area contributed by atoms with Gasteiger partial charge in [0.25, 0.3) is 6.23 Å². The Balaban J connectivity index is 1.13. The van der Waals surface area contributed by atoms with Crippen molar-refractivity contribution in [3.8, 4) is 35.4 Å². The number of hydrogen-bond acceptors (Lipinski definition) is 8. The van der Waals surface area contributed by atoms with Gasteiger partial charge in [0.15, 0.2) is 11.5 Å². The van der Waals surface area contributed by atoms with E-state index in [1.807, 2.05) is 36.5 Å². The van der Waals surface area contributed by atoms with E-state index in [0.29, 0.717) is 43.7 Å². The van der Waals surface area contributed by atoms with E-state index in [2.05, 4.69) is 49.2 Å². The van der Waals surface area contributed by atoms with E-state index in [0.717, 1.165) is 122 Å². The Morgan fingerprint density at radius 3 is 2.64 bits per heavy atom. The zero-order valence-electron chi connectivity index (χ0n) is 34.4. The molecule has 0 aromatic heterocycles. The molecule has 6 aliphatic rings. The van der Waals surface area contributed by atoms with E-state index in [9.17, 15) is 15.0 Å². The number of aliphatic imine (C=N–C) groups is 1. The summed E-state index contributed by atoms with van der Waals surface area (Å²) >= 11 is 0. The van der Waals surface area contributed by atoms with Crippen molar-refractivity contribution in [2.45, 2.75) is 141 Å². The number of aliphatic hydroxyl groups is 2. The summed E-state index contributed by atoms with van der Waals surface area (Å²) in [5.74, 6) is 11.1. The number of ketones is 1. The summed E-state index contributed by atoms with van der Waals surface area (Å²) in [6.45, 7) is 5.79. The minimum absolute atomic E-state index is 0.133. The molecule has 306 valence electrons. The van der Waals surface area contributed by atoms with Gasteiger partial charge in [0.1, 0.15) is 42.4 Å². The van der Waals surface area contributed by atoms with Gasteiger partial charge in [-0.05, 0) is 84.0 Å². The lowest BCUT2D eigenvalue weighted by atomic mass is 9.73. The monoisotopic (exact) mass is 785 g/mol. The Hall–Kier alpha value is -4.22. The van der Waals surface area contributed by atoms with Gasteiger partial charge in [-0.2, -0.15) is 0 Å². The summed E-state index contributed by atoms with van der Waals surface area (Å²) < 4.78 is 13.4. The van der Waals surface area contributed by atoms with Crippen molar-refractivity contribution in [2.24, 2.45) is 28.0 Å². The molecule has 1 aliphatic carbocycles. The lowest BCUT2D eigenvalue weighted by Gasteiger charge is -2.36. The molecule has 5 aliphatic heterocycles. The molecule has 1 unspecified atom stereocenters. The standard InChI is InChI=1S/C49H60N4O5/c1-3-5-7-11-37(42(54)12-8-6-4-2)44(56)18-13-32-14-20-45-46(27-32)58-48-40(49(24-26-57-45)22-9-10-23-49)17-19-43(55)35-15-16-36-34(21-25-51-47(36)50)38(35)28-33-29-52-41-31-53(48)30-39(33)41/h14-16,20,27,29,31,37,40,42-43,47-48,51,54-55H,3-13,18,21-23,25,28,30,50H2,1-2H3/p+1/t37-,40-,42-,43+,47-,48-/m1/s1. The van der Waals surface area contributed by atoms with Crippen LogP contribution in [0.1, 0.15) is 137 Å². The summed E-state index contributed by atoms with van der Waals surface area (Å²) in [7, 11) is 0. The minimum Gasteiger partial charge on any atom is -0.437 e. The van der Waals surface area contributed by atoms with E-state index in [1.54, 1.807) is 0 Å². The Labute approximate surface area is 344 Å². The number of allylic oxidation sites excluding steroid dienone is 1. The average molecular weight is 786 g/mol. The van der Waals surface area contributed by atoms with E-state index in [4.69, 9.17) is 20.2 Å². The van der Waals surface area contributed by atoms with Crippen molar-refractivity contribution < 1.29 is 29.4 Å². The van der Waals surface area contributed by atoms with Gasteiger partial charge >= 0.3 is 0 Å². The predicted molar refractivity (Wildman–Crippen MR) is 226 cm³/mol. The molecule has 9 heteroatoms. The molecule has 0 amide bonds. The summed E-state index contributed by atoms with van der Waals surface area (Å²) in [5, 5.41) is 26.5. The number of nitrogens with two attached hydrogens (primary N) is 1. The van der Waals surface area contributed by atoms with Crippen LogP contribution in [0.4, 0.5) is 0 Å². The van der Waals surface area contributed by atoms with Crippen LogP contribution in [0, 0.1) is 41.1 Å². The molecule has 0 radical (unpaired) electrons. The van der Waals surface area contributed by atoms with Crippen molar-refractivity contribution in [2.75, 3.05) is 13.1 Å². The van der Waals surface area contributed by atoms with Gasteiger partial charge < -0.3 is 25.4 Å². The molecule has 0 saturated heterocycles. The molecule has 6 N–H and O–H groups in total. The SMILES string of the molecule is CCCCC[C@@H](O)[C@@H](CCCCC)C(=O)CCc1ccc2c(c1)O[C@@H]1[C@@H](C#C[C@H](O)c3ccc4c(c3CC3=C5C[NH+]1C=C5N=C3)CCN[C@H]4N)C1(C#CO2)CCCC1. The van der Waals surface area contributed by atoms with Gasteiger partial charge in [-0.1, -0.05) is 101 Å². The second-order valence-corrected chi connectivity index (χ2v) is 17.4. The minimum atomic E-state index is -1.01. The Bertz CT molecular complexity index is 2090. The Morgan fingerprint density at radius 1 is 1.03 bits per heavy atom. The summed E-state index contributed by atoms with van der Waals surface area (Å²) in [4.78, 5) is 19.8. The Morgan fingerprint density at radius 2 is 1.83 bits per heavy atom. The number of aliphatic hydroxyl groups excluding tert-OH is 2. The first-order valence-corrected chi connectivity index (χ1v) is 22.1. The molecule has 1 spiro atoms. The number of rotatable bonds is 13. The molecule has 5 heterocycles. The van der Waals surface area contributed by atoms with Crippen LogP contribution in [0.2, 0.25) is 0 Å². The van der Waals surface area contributed by atoms with E-state index >= 15 is 0 Å². The highest BCUT2D eigenvalue weighted by Gasteiger charge is 2.51. The number of carbonyl (C=O) groups excluding carboxylic acids is 1. The van der Waals surface area contributed by atoms with Crippen LogP contribution in [0.15, 0.2) is 58.4 Å². The lowest BCUT2D eigenvalue weighted by molar-refractivity contribution is -0.891. The lowest BCUT2D eigenvalue weighted by Crippen LogP contribution is -3.12. The third-order valence-corrected chi connectivity index (χ3v) is 13.6. The fourth-order valence-electron chi connectivity index (χ4n) is 10.3. The number of carbonyl (C=O) groups is 1. The molecule has 1 saturated carbocycles. The Kier molecular flexibility index (Phi) is 12.6. The maximum absolute atomic E-state index is 13.8. The molecule has 9 nitrogen and oxygen atoms in total. The zero-order valence-corrected chi connectivity index (χ0v) is 34.4. The predicted octanol–water partition coefficient (Wildman–Crippen LogP) is 6.08. The fourth-order valence-corrected chi connectivity index (χ4v) is 10.3. The number of hydrogen-bond donors (Lipinski definition) is 5. The van der Waals surface area contributed by atoms with E-state index < -0.39 is 23.9 Å². The van der Waals surface area contributed by atoms with Gasteiger partial charge in [-0.25, -0.2) is 0 Å². The first-order valence-electron chi connectivity index (χ1n) is 22.1. The molecular formula is C49H61N4O5+. The molecular weight excluding hydrogens is 725 g/mol. The summed E-state index contributed by atoms with van der Waals surface area (Å²) in [6, 6.07) is 9.96. The highest BCUT2D eigenvalue weighted by atomic mass is 16.5. The maximum atomic E-state index is 13.8. The topological polar surface area (TPSA) is 131 Å². The molecule has 2 aromatic rings. The van der Waals surface area contributed by atoms with Crippen molar-refractivity contribution in [3.63, 3.8) is 0 Å². The molecule has 8 rings (SSSR count). The second-order valence-electron chi connectivity index (χ2n) is 17.4. The van der Waals surface area contributed by atoms with E-state index in [1.165, 1.54) is 11.1 Å². The summed E-state index contributed by atoms with van der Waals surface area (Å²) in [5.41, 5.74) is 14.5. The third kappa shape index (κ3) is 8.31. The average Bonchev–Trinajstić information content (AvgIpc) is 3.97. The molecule has 1 fully saturated rings. The smallest absolute Gasteiger partial charge is 0.252 e. The highest BCUT2D eigenvalue weighted by Crippen LogP contribution is 2.47. The van der Waals surface area contributed by atoms with Crippen molar-refractivity contribution in [3.05, 3.63) is 81.2 Å². The number of quaternary nitrogens is 1. The van der Waals surface area contributed by atoms with Crippen molar-refractivity contribution in [1.29, 1.82) is 0 Å². The number of aryl methyl sites for hydroxylation is 1. The van der Waals surface area contributed by atoms with Crippen LogP contribution in [0.5, 0.6) is 11.5 Å². The van der Waals surface area contributed by atoms with Gasteiger partial charge in [-0.3, -0.25) is 20.0 Å². The molecule has 7 atom stereocenters. The zero-order chi connectivity index (χ0) is 40.2. The van der Waals surface area contributed by atoms with E-state index in [-0.39, 0.29) is 23.8 Å². The number of nitrogens with zero attached hydrogens (tertiary/aromatic N) is 1. The number of Topliss-reactive ketones (excluding diaryl/α,β-unsaturated/α-hetero) is 1. The van der Waals surface area contributed by atoms with Gasteiger partial charge in [0.2, 0.25) is 0 Å². The van der Waals surface area contributed by atoms with Gasteiger partial charge in [0, 0.05) is 37.1 Å². The van der Waals surface area contributed by atoms with Crippen LogP contribution in [-0.4, -0.2) is 47.6 Å². The van der Waals surface area contributed by atoms with Crippen molar-refractivity contribution in [1.82, 2.24) is 5.32 Å². The fraction of sp³-hybridized carbons (Fsp3) is 0.551. The molecule has 58 heavy (non-hydrogen) atoms. The van der Waals surface area contributed by atoms with Gasteiger partial charge in [-0.15, -0.1) is 0 Å². The maximum Gasteiger partial charge on any atom is 0.252 e. The van der Waals surface area contributed by atoms with Gasteiger partial charge in [0.05, 0.1) is 17.7 Å². The number of unbranched alkanes of at least 4 members (excludes halogenated alkanes) is 4. The largest absolute Gasteiger partial charge is 0.437 e. The van der Waals surface area contributed by atoms with Crippen molar-refractivity contribution >= 4 is 12.0 Å². The third-order valence-electron chi connectivity index (χ3n) is 13.6. The quantitative estimate of drug-likeness (QED) is 0.123. The van der Waals surface area contributed by atoms with Crippen LogP contribution in [0.3, 0.4) is 0 Å². The first-order chi connectivity index (χ1) is 28.3. The highest BCUT2D eigenvalue weighted by molar-refractivity contribution is 5.87. The van der Waals surface area contributed by atoms with Crippen LogP contribution in [0.25, 0.3) is 0 Å². The summed E-state index contributed by atoms with van der Waals surface area (Å²) in [6.07, 6.45) is 18.7. The number of fused-ring (bicyclic) bond motifs is 8. The number of nitrogens with one attached hydrogen (secondary N) is 2. The number of benzene rings is 2. The molecule has 2 aromatic carbocycles. The normalized spacial score (nSPS) is 25.9. The first kappa shape index (κ1) is 40.6. The van der Waals surface area contributed by atoms with Crippen LogP contribution in [-0.2, 0) is 24.1 Å². The van der Waals surface area contributed by atoms with Crippen LogP contribution >= 0.6 is 0 Å². The second kappa shape index (κ2) is 18.0. The molecule has 2 bridgehead atoms. The van der Waals surface area contributed by atoms with Crippen LogP contribution < -0.4 is 25.4 Å². The number of ether oxygens (including phenoxy) is 2.